The van der Waals surface area contributed by atoms with Gasteiger partial charge in [0.1, 0.15) is 17.1 Å². The van der Waals surface area contributed by atoms with Crippen molar-refractivity contribution >= 4 is 57.8 Å². The van der Waals surface area contributed by atoms with Gasteiger partial charge in [-0.2, -0.15) is 0 Å². The average molecular weight is 747 g/mol. The Balaban J connectivity index is 1.13. The van der Waals surface area contributed by atoms with Gasteiger partial charge in [-0.3, -0.25) is 9.88 Å². The molecule has 2 bridgehead atoms. The Morgan fingerprint density at radius 1 is 1.08 bits per heavy atom. The Kier molecular flexibility index (Phi) is 11.4. The van der Waals surface area contributed by atoms with Crippen LogP contribution in [0.4, 0.5) is 0 Å². The summed E-state index contributed by atoms with van der Waals surface area (Å²) >= 11 is 15.4. The lowest BCUT2D eigenvalue weighted by atomic mass is 9.85. The van der Waals surface area contributed by atoms with Crippen LogP contribution in [0.25, 0.3) is 0 Å². The van der Waals surface area contributed by atoms with Crippen molar-refractivity contribution in [3.05, 3.63) is 96.0 Å². The Labute approximate surface area is 302 Å². The van der Waals surface area contributed by atoms with Crippen molar-refractivity contribution in [2.24, 2.45) is 5.92 Å². The summed E-state index contributed by atoms with van der Waals surface area (Å²) in [6.07, 6.45) is 4.18. The van der Waals surface area contributed by atoms with Gasteiger partial charge in [-0.1, -0.05) is 35.3 Å². The van der Waals surface area contributed by atoms with Crippen LogP contribution >= 0.6 is 45.9 Å². The molecule has 0 aliphatic carbocycles. The number of methoxy groups -OCH3 is 2. The number of halogens is 2. The molecule has 3 saturated heterocycles. The highest BCUT2D eigenvalue weighted by Gasteiger charge is 2.44. The number of benzene rings is 1. The van der Waals surface area contributed by atoms with E-state index in [0.29, 0.717) is 61.4 Å². The van der Waals surface area contributed by atoms with Crippen molar-refractivity contribution in [2.45, 2.75) is 43.6 Å². The number of carbonyl (C=O) groups excluding carboxylic acids is 2. The van der Waals surface area contributed by atoms with Crippen molar-refractivity contribution < 1.29 is 33.6 Å². The minimum absolute atomic E-state index is 0.0556. The minimum Gasteiger partial charge on any atom is -0.493 e. The summed E-state index contributed by atoms with van der Waals surface area (Å²) in [5, 5.41) is 17.4. The standard InChI is InChI=1S/C35H37Cl2N3O7S2/c1-44-27-7-5-22(14-29(27)45-2)28(15-24-25(36)17-38-18-26(24)37)46-33(41)31-8-6-23(49-31)16-39-20-35(43,32-4-3-13-48-32)34(42)47-30-19-40-11-9-21(30)10-12-40/h3-8,13-14,17-18,21,28,30,39,43H,9-12,15-16,19-20H2,1-2H3/t28-,30-,35?/m0/s1. The van der Waals surface area contributed by atoms with Gasteiger partial charge in [0.25, 0.3) is 0 Å². The molecule has 3 aliphatic heterocycles. The molecule has 3 aromatic heterocycles. The van der Waals surface area contributed by atoms with E-state index in [-0.39, 0.29) is 19.1 Å². The van der Waals surface area contributed by atoms with Crippen molar-refractivity contribution in [3.63, 3.8) is 0 Å². The SMILES string of the molecule is COc1ccc([C@H](Cc2c(Cl)cncc2Cl)OC(=O)c2ccc(CNCC(O)(C(=O)O[C@H]3CN4CCC3CC4)c3cccs3)s2)cc1OC. The molecule has 14 heteroatoms. The van der Waals surface area contributed by atoms with Crippen molar-refractivity contribution in [2.75, 3.05) is 40.4 Å². The molecular formula is C35H37Cl2N3O7S2. The molecule has 1 unspecified atom stereocenters. The molecule has 10 nitrogen and oxygen atoms in total. The highest BCUT2D eigenvalue weighted by molar-refractivity contribution is 7.13. The van der Waals surface area contributed by atoms with Crippen LogP contribution in [0.2, 0.25) is 10.0 Å². The summed E-state index contributed by atoms with van der Waals surface area (Å²) in [6.45, 7) is 3.00. The Morgan fingerprint density at radius 2 is 1.84 bits per heavy atom. The Bertz CT molecular complexity index is 1740. The van der Waals surface area contributed by atoms with Gasteiger partial charge >= 0.3 is 11.9 Å². The summed E-state index contributed by atoms with van der Waals surface area (Å²) < 4.78 is 22.9. The number of nitrogens with one attached hydrogen (secondary N) is 1. The fourth-order valence-corrected chi connectivity index (χ4v) is 8.48. The van der Waals surface area contributed by atoms with E-state index < -0.39 is 23.6 Å². The molecule has 260 valence electrons. The van der Waals surface area contributed by atoms with Gasteiger partial charge in [-0.05, 0) is 78.7 Å². The van der Waals surface area contributed by atoms with Crippen LogP contribution in [0.1, 0.15) is 49.5 Å². The number of piperidine rings is 3. The van der Waals surface area contributed by atoms with Gasteiger partial charge in [0.05, 0.1) is 24.3 Å². The van der Waals surface area contributed by atoms with E-state index in [9.17, 15) is 14.7 Å². The van der Waals surface area contributed by atoms with E-state index in [1.54, 1.807) is 43.5 Å². The topological polar surface area (TPSA) is 119 Å². The first-order valence-electron chi connectivity index (χ1n) is 15.9. The maximum Gasteiger partial charge on any atom is 0.348 e. The number of fused-ring (bicyclic) bond motifs is 3. The molecule has 6 heterocycles. The molecule has 0 amide bonds. The Hall–Kier alpha value is -3.23. The fourth-order valence-electron chi connectivity index (χ4n) is 6.29. The van der Waals surface area contributed by atoms with Gasteiger partial charge in [0.2, 0.25) is 5.60 Å². The quantitative estimate of drug-likeness (QED) is 0.143. The molecular weight excluding hydrogens is 709 g/mol. The number of pyridine rings is 1. The van der Waals surface area contributed by atoms with Gasteiger partial charge in [0, 0.05) is 48.2 Å². The molecule has 49 heavy (non-hydrogen) atoms. The van der Waals surface area contributed by atoms with E-state index in [2.05, 4.69) is 15.2 Å². The molecule has 3 aliphatic rings. The summed E-state index contributed by atoms with van der Waals surface area (Å²) in [6, 6.07) is 12.3. The molecule has 7 rings (SSSR count). The summed E-state index contributed by atoms with van der Waals surface area (Å²) in [7, 11) is 3.07. The number of thiophene rings is 2. The Morgan fingerprint density at radius 3 is 2.49 bits per heavy atom. The van der Waals surface area contributed by atoms with Crippen molar-refractivity contribution in [1.29, 1.82) is 0 Å². The number of esters is 2. The largest absolute Gasteiger partial charge is 0.493 e. The van der Waals surface area contributed by atoms with Crippen LogP contribution in [0.5, 0.6) is 11.5 Å². The number of carbonyl (C=O) groups is 2. The lowest BCUT2D eigenvalue weighted by molar-refractivity contribution is -0.180. The number of aromatic nitrogens is 1. The number of hydrogen-bond donors (Lipinski definition) is 2. The normalized spacial score (nSPS) is 20.3. The predicted octanol–water partition coefficient (Wildman–Crippen LogP) is 6.28. The van der Waals surface area contributed by atoms with Crippen LogP contribution in [0, 0.1) is 5.92 Å². The van der Waals surface area contributed by atoms with Gasteiger partial charge in [-0.15, -0.1) is 22.7 Å². The second kappa shape index (κ2) is 15.8. The molecule has 2 N–H and O–H groups in total. The zero-order chi connectivity index (χ0) is 34.5. The van der Waals surface area contributed by atoms with E-state index in [1.807, 2.05) is 11.4 Å². The van der Waals surface area contributed by atoms with E-state index in [1.165, 1.54) is 42.2 Å². The maximum atomic E-state index is 13.5. The number of aliphatic hydroxyl groups is 1. The van der Waals surface area contributed by atoms with Crippen LogP contribution in [0.3, 0.4) is 0 Å². The summed E-state index contributed by atoms with van der Waals surface area (Å²) in [5.41, 5.74) is -0.597. The zero-order valence-corrected chi connectivity index (χ0v) is 30.2. The lowest BCUT2D eigenvalue weighted by Gasteiger charge is -2.44. The lowest BCUT2D eigenvalue weighted by Crippen LogP contribution is -2.54. The third-order valence-corrected chi connectivity index (χ3v) is 11.8. The fraction of sp³-hybridized carbons (Fsp3) is 0.400. The highest BCUT2D eigenvalue weighted by Crippen LogP contribution is 2.37. The molecule has 0 spiro atoms. The third-order valence-electron chi connectivity index (χ3n) is 9.03. The molecule has 0 radical (unpaired) electrons. The molecule has 3 atom stereocenters. The van der Waals surface area contributed by atoms with Crippen molar-refractivity contribution in [3.8, 4) is 11.5 Å². The molecule has 4 aromatic rings. The van der Waals surface area contributed by atoms with Gasteiger partial charge in [-0.25, -0.2) is 9.59 Å². The maximum absolute atomic E-state index is 13.5. The molecule has 1 aromatic carbocycles. The van der Waals surface area contributed by atoms with Crippen molar-refractivity contribution in [1.82, 2.24) is 15.2 Å². The van der Waals surface area contributed by atoms with E-state index >= 15 is 0 Å². The second-order valence-corrected chi connectivity index (χ2v) is 15.0. The summed E-state index contributed by atoms with van der Waals surface area (Å²) in [5.74, 6) is 0.155. The monoisotopic (exact) mass is 745 g/mol. The number of ether oxygens (including phenoxy) is 4. The highest BCUT2D eigenvalue weighted by atomic mass is 35.5. The van der Waals surface area contributed by atoms with Crippen LogP contribution in [-0.2, 0) is 32.8 Å². The minimum atomic E-state index is -1.85. The van der Waals surface area contributed by atoms with Crippen LogP contribution in [-0.4, -0.2) is 73.4 Å². The second-order valence-electron chi connectivity index (χ2n) is 12.1. The first-order chi connectivity index (χ1) is 23.7. The van der Waals surface area contributed by atoms with E-state index in [4.69, 9.17) is 42.1 Å². The third kappa shape index (κ3) is 8.06. The van der Waals surface area contributed by atoms with E-state index in [0.717, 1.165) is 30.8 Å². The molecule has 0 saturated carbocycles. The predicted molar refractivity (Wildman–Crippen MR) is 189 cm³/mol. The molecule has 3 fully saturated rings. The first-order valence-corrected chi connectivity index (χ1v) is 18.3. The van der Waals surface area contributed by atoms with Gasteiger partial charge < -0.3 is 29.4 Å². The number of nitrogens with zero attached hydrogens (tertiary/aromatic N) is 2. The zero-order valence-electron chi connectivity index (χ0n) is 27.0. The summed E-state index contributed by atoms with van der Waals surface area (Å²) in [4.78, 5) is 35.1. The number of rotatable bonds is 14. The van der Waals surface area contributed by atoms with Gasteiger partial charge in [0.15, 0.2) is 11.5 Å². The number of hydrogen-bond acceptors (Lipinski definition) is 12. The van der Waals surface area contributed by atoms with Crippen LogP contribution in [0.15, 0.2) is 60.2 Å². The first kappa shape index (κ1) is 35.6. The van der Waals surface area contributed by atoms with Crippen LogP contribution < -0.4 is 14.8 Å². The smallest absolute Gasteiger partial charge is 0.348 e. The average Bonchev–Trinajstić information content (AvgIpc) is 3.83.